The van der Waals surface area contributed by atoms with E-state index in [1.165, 1.54) is 0 Å². The average Bonchev–Trinajstić information content (AvgIpc) is 2.78. The van der Waals surface area contributed by atoms with Crippen molar-refractivity contribution in [1.29, 1.82) is 0 Å². The molecule has 15 heavy (non-hydrogen) atoms. The normalized spacial score (nSPS) is 9.87. The number of hydrogen-bond acceptors (Lipinski definition) is 6. The van der Waals surface area contributed by atoms with Gasteiger partial charge in [-0.3, -0.25) is 9.78 Å². The van der Waals surface area contributed by atoms with Crippen LogP contribution >= 0.6 is 0 Å². The van der Waals surface area contributed by atoms with Crippen LogP contribution in [-0.4, -0.2) is 21.1 Å². The van der Waals surface area contributed by atoms with Crippen LogP contribution in [0.25, 0.3) is 11.6 Å². The Hall–Kier alpha value is -2.44. The van der Waals surface area contributed by atoms with Crippen molar-refractivity contribution in [3.05, 3.63) is 35.2 Å². The summed E-state index contributed by atoms with van der Waals surface area (Å²) in [7, 11) is 0. The van der Waals surface area contributed by atoms with E-state index < -0.39 is 11.8 Å². The second-order valence-corrected chi connectivity index (χ2v) is 2.52. The minimum absolute atomic E-state index is 0.0719. The summed E-state index contributed by atoms with van der Waals surface area (Å²) in [5.41, 5.74) is 0.426. The fourth-order valence-corrected chi connectivity index (χ4v) is 0.941. The number of carbonyl (C=O) groups is 1. The molecular weight excluding hydrogens is 200 g/mol. The highest BCUT2D eigenvalue weighted by molar-refractivity contribution is 5.90. The molecule has 0 saturated heterocycles. The highest BCUT2D eigenvalue weighted by Crippen LogP contribution is 2.14. The number of nitrogens with zero attached hydrogens (tertiary/aromatic N) is 4. The number of carbonyl (C=O) groups excluding carboxylic acids is 1. The zero-order valence-electron chi connectivity index (χ0n) is 7.32. The van der Waals surface area contributed by atoms with Crippen LogP contribution in [0.1, 0.15) is 10.7 Å². The van der Waals surface area contributed by atoms with Crippen LogP contribution in [0.5, 0.6) is 0 Å². The van der Waals surface area contributed by atoms with Crippen molar-refractivity contribution in [2.75, 3.05) is 0 Å². The molecule has 74 valence electrons. The monoisotopic (exact) mass is 204 g/mol. The molecular formula is C8H4N4O3. The van der Waals surface area contributed by atoms with Crippen molar-refractivity contribution in [1.82, 2.24) is 15.2 Å². The van der Waals surface area contributed by atoms with E-state index in [2.05, 4.69) is 20.4 Å². The largest absolute Gasteiger partial charge is 0.410 e. The summed E-state index contributed by atoms with van der Waals surface area (Å²) >= 11 is 0. The maximum absolute atomic E-state index is 10.8. The smallest absolute Gasteiger partial charge is 0.373 e. The van der Waals surface area contributed by atoms with Gasteiger partial charge in [-0.25, -0.2) is 0 Å². The first-order valence-corrected chi connectivity index (χ1v) is 3.94. The quantitative estimate of drug-likeness (QED) is 0.677. The van der Waals surface area contributed by atoms with E-state index in [0.29, 0.717) is 5.69 Å². The lowest BCUT2D eigenvalue weighted by atomic mass is 10.3. The molecule has 0 atom stereocenters. The number of rotatable bonds is 2. The Morgan fingerprint density at radius 3 is 2.87 bits per heavy atom. The van der Waals surface area contributed by atoms with Gasteiger partial charge in [0.25, 0.3) is 5.89 Å². The molecule has 0 spiro atoms. The molecule has 0 aliphatic rings. The minimum atomic E-state index is -1.09. The molecule has 0 aliphatic heterocycles. The van der Waals surface area contributed by atoms with Gasteiger partial charge in [-0.2, -0.15) is 0 Å². The Kier molecular flexibility index (Phi) is 2.28. The molecule has 7 heteroatoms. The molecule has 2 aromatic rings. The molecule has 0 radical (unpaired) electrons. The van der Waals surface area contributed by atoms with E-state index in [9.17, 15) is 9.70 Å². The highest BCUT2D eigenvalue weighted by atomic mass is 16.4. The Morgan fingerprint density at radius 2 is 2.20 bits per heavy atom. The fraction of sp³-hybridized carbons (Fsp3) is 0. The Balaban J connectivity index is 2.36. The summed E-state index contributed by atoms with van der Waals surface area (Å²) in [5.74, 6) is -1.46. The van der Waals surface area contributed by atoms with Gasteiger partial charge in [0, 0.05) is 11.4 Å². The van der Waals surface area contributed by atoms with E-state index >= 15 is 0 Å². The van der Waals surface area contributed by atoms with Gasteiger partial charge in [-0.1, -0.05) is 6.07 Å². The van der Waals surface area contributed by atoms with E-state index in [0.717, 1.165) is 0 Å². The van der Waals surface area contributed by atoms with Crippen molar-refractivity contribution >= 4 is 5.91 Å². The third-order valence-electron chi connectivity index (χ3n) is 1.57. The number of pyridine rings is 1. The van der Waals surface area contributed by atoms with Crippen LogP contribution in [0, 0.1) is 4.91 Å². The SMILES string of the molecule is O=NC(=O)c1nnc(-c2ccccn2)o1. The van der Waals surface area contributed by atoms with E-state index in [1.54, 1.807) is 24.4 Å². The summed E-state index contributed by atoms with van der Waals surface area (Å²) in [6.45, 7) is 0. The zero-order valence-corrected chi connectivity index (χ0v) is 7.32. The van der Waals surface area contributed by atoms with Crippen molar-refractivity contribution in [3.63, 3.8) is 0 Å². The number of aromatic nitrogens is 3. The topological polar surface area (TPSA) is 98.3 Å². The first-order valence-electron chi connectivity index (χ1n) is 3.94. The van der Waals surface area contributed by atoms with Gasteiger partial charge in [0.1, 0.15) is 5.69 Å². The van der Waals surface area contributed by atoms with Crippen LogP contribution < -0.4 is 0 Å². The lowest BCUT2D eigenvalue weighted by Gasteiger charge is -1.89. The summed E-state index contributed by atoms with van der Waals surface area (Å²) < 4.78 is 4.89. The van der Waals surface area contributed by atoms with Crippen LogP contribution in [0.3, 0.4) is 0 Å². The molecule has 2 heterocycles. The van der Waals surface area contributed by atoms with Crippen molar-refractivity contribution in [2.24, 2.45) is 5.18 Å². The van der Waals surface area contributed by atoms with E-state index in [1.807, 2.05) is 0 Å². The van der Waals surface area contributed by atoms with Gasteiger partial charge in [0.05, 0.1) is 0 Å². The minimum Gasteiger partial charge on any atom is -0.410 e. The van der Waals surface area contributed by atoms with Gasteiger partial charge in [-0.05, 0) is 12.1 Å². The van der Waals surface area contributed by atoms with Gasteiger partial charge < -0.3 is 4.42 Å². The van der Waals surface area contributed by atoms with E-state index in [-0.39, 0.29) is 5.89 Å². The molecule has 1 amide bonds. The van der Waals surface area contributed by atoms with Crippen LogP contribution in [-0.2, 0) is 0 Å². The van der Waals surface area contributed by atoms with Gasteiger partial charge in [0.15, 0.2) is 0 Å². The Morgan fingerprint density at radius 1 is 1.33 bits per heavy atom. The van der Waals surface area contributed by atoms with Gasteiger partial charge >= 0.3 is 11.8 Å². The first kappa shape index (κ1) is 9.13. The lowest BCUT2D eigenvalue weighted by Crippen LogP contribution is -1.92. The summed E-state index contributed by atoms with van der Waals surface area (Å²) in [6, 6.07) is 5.08. The Labute approximate surface area is 83.1 Å². The zero-order chi connectivity index (χ0) is 10.7. The maximum atomic E-state index is 10.8. The first-order chi connectivity index (χ1) is 7.31. The summed E-state index contributed by atoms with van der Waals surface area (Å²) in [5, 5.41) is 9.08. The predicted molar refractivity (Wildman–Crippen MR) is 47.7 cm³/mol. The molecule has 0 unspecified atom stereocenters. The molecule has 0 saturated carbocycles. The standard InChI is InChI=1S/C8H4N4O3/c13-6(12-14)8-11-10-7(15-8)5-3-1-2-4-9-5/h1-4H. The molecule has 0 bridgehead atoms. The summed E-state index contributed by atoms with van der Waals surface area (Å²) in [6.07, 6.45) is 1.54. The maximum Gasteiger partial charge on any atom is 0.373 e. The van der Waals surface area contributed by atoms with E-state index in [4.69, 9.17) is 4.42 Å². The highest BCUT2D eigenvalue weighted by Gasteiger charge is 2.16. The molecule has 2 aromatic heterocycles. The molecule has 0 aromatic carbocycles. The number of nitroso groups, excluding NO2 is 1. The molecule has 0 N–H and O–H groups in total. The van der Waals surface area contributed by atoms with Crippen molar-refractivity contribution < 1.29 is 9.21 Å². The third kappa shape index (κ3) is 1.75. The summed E-state index contributed by atoms with van der Waals surface area (Å²) in [4.78, 5) is 24.6. The number of amides is 1. The van der Waals surface area contributed by atoms with Gasteiger partial charge in [0.2, 0.25) is 0 Å². The average molecular weight is 204 g/mol. The van der Waals surface area contributed by atoms with Crippen LogP contribution in [0.15, 0.2) is 34.0 Å². The Bertz CT molecular complexity index is 494. The van der Waals surface area contributed by atoms with Crippen LogP contribution in [0.4, 0.5) is 0 Å². The predicted octanol–water partition coefficient (Wildman–Crippen LogP) is 1.04. The van der Waals surface area contributed by atoms with Crippen molar-refractivity contribution in [3.8, 4) is 11.6 Å². The number of hydrogen-bond donors (Lipinski definition) is 0. The molecule has 0 fully saturated rings. The third-order valence-corrected chi connectivity index (χ3v) is 1.57. The fourth-order valence-electron chi connectivity index (χ4n) is 0.941. The lowest BCUT2D eigenvalue weighted by molar-refractivity contribution is 0.0968. The molecule has 2 rings (SSSR count). The second kappa shape index (κ2) is 3.74. The van der Waals surface area contributed by atoms with Crippen LogP contribution in [0.2, 0.25) is 0 Å². The second-order valence-electron chi connectivity index (χ2n) is 2.52. The molecule has 0 aliphatic carbocycles. The molecule has 7 nitrogen and oxygen atoms in total. The van der Waals surface area contributed by atoms with Gasteiger partial charge in [-0.15, -0.1) is 15.1 Å². The van der Waals surface area contributed by atoms with Crippen molar-refractivity contribution in [2.45, 2.75) is 0 Å².